The zero-order valence-electron chi connectivity index (χ0n) is 10.3. The maximum absolute atomic E-state index is 12.4. The van der Waals surface area contributed by atoms with Crippen LogP contribution in [0.15, 0.2) is 48.5 Å². The van der Waals surface area contributed by atoms with Crippen molar-refractivity contribution in [3.63, 3.8) is 0 Å². The number of hydrogen-bond donors (Lipinski definition) is 0. The summed E-state index contributed by atoms with van der Waals surface area (Å²) in [5.74, 6) is 0. The molecule has 0 saturated carbocycles. The monoisotopic (exact) mass is 321 g/mol. The van der Waals surface area contributed by atoms with Gasteiger partial charge in [0.2, 0.25) is 0 Å². The van der Waals surface area contributed by atoms with Crippen LogP contribution in [-0.2, 0) is 12.4 Å². The molecule has 0 N–H and O–H groups in total. The molecule has 2 aromatic carbocycles. The van der Waals surface area contributed by atoms with Gasteiger partial charge in [-0.25, -0.2) is 0 Å². The summed E-state index contributed by atoms with van der Waals surface area (Å²) in [6.07, 6.45) is -8.80. The zero-order valence-corrected chi connectivity index (χ0v) is 11.2. The van der Waals surface area contributed by atoms with E-state index < -0.39 is 23.5 Å². The topological polar surface area (TPSA) is 0 Å². The van der Waals surface area contributed by atoms with Crippen molar-refractivity contribution in [3.8, 4) is 0 Å². The van der Waals surface area contributed by atoms with Gasteiger partial charge in [0.15, 0.2) is 0 Å². The Bertz CT molecular complexity index is 540. The maximum Gasteiger partial charge on any atom is 0.416 e. The van der Waals surface area contributed by atoms with E-state index in [1.165, 1.54) is 24.3 Å². The molecule has 0 fully saturated rings. The van der Waals surface area contributed by atoms with E-state index in [0.717, 1.165) is 24.3 Å². The smallest absolute Gasteiger partial charge is 0.166 e. The van der Waals surface area contributed by atoms with Gasteiger partial charge in [-0.15, -0.1) is 0 Å². The predicted molar refractivity (Wildman–Crippen MR) is 69.1 cm³/mol. The molecule has 1 radical (unpaired) electrons. The summed E-state index contributed by atoms with van der Waals surface area (Å²) in [4.78, 5) is 0. The molecule has 0 atom stereocenters. The molecule has 7 heteroatoms. The fourth-order valence-corrected chi connectivity index (χ4v) is 2.49. The Kier molecular flexibility index (Phi) is 4.28. The lowest BCUT2D eigenvalue weighted by Crippen LogP contribution is -2.09. The largest absolute Gasteiger partial charge is 0.416 e. The van der Waals surface area contributed by atoms with E-state index in [1.807, 2.05) is 0 Å². The summed E-state index contributed by atoms with van der Waals surface area (Å²) in [6.45, 7) is 0. The molecule has 2 rings (SSSR count). The van der Waals surface area contributed by atoms with Gasteiger partial charge in [-0.1, -0.05) is 24.3 Å². The Balaban J connectivity index is 2.12. The summed E-state index contributed by atoms with van der Waals surface area (Å²) in [6, 6.07) is 9.03. The average Bonchev–Trinajstić information content (AvgIpc) is 2.38. The summed E-state index contributed by atoms with van der Waals surface area (Å²) >= 11 is 0. The first-order chi connectivity index (χ1) is 9.66. The molecule has 111 valence electrons. The van der Waals surface area contributed by atoms with Crippen molar-refractivity contribution < 1.29 is 26.3 Å². The van der Waals surface area contributed by atoms with E-state index in [-0.39, 0.29) is 0 Å². The molecule has 0 aliphatic rings. The third kappa shape index (κ3) is 4.21. The standard InChI is InChI=1S/C14H8F6P/c15-13(16,17)9-1-5-11(6-2-9)21-12-7-3-10(4-8-12)14(18,19)20/h1-8H. The van der Waals surface area contributed by atoms with Crippen molar-refractivity contribution in [2.45, 2.75) is 12.4 Å². The maximum atomic E-state index is 12.4. The Morgan fingerprint density at radius 2 is 0.810 bits per heavy atom. The number of rotatable bonds is 2. The van der Waals surface area contributed by atoms with Gasteiger partial charge >= 0.3 is 12.4 Å². The summed E-state index contributed by atoms with van der Waals surface area (Å²) in [7, 11) is 0.547. The van der Waals surface area contributed by atoms with Crippen molar-refractivity contribution >= 4 is 19.2 Å². The lowest BCUT2D eigenvalue weighted by atomic mass is 10.2. The number of hydrogen-bond acceptors (Lipinski definition) is 0. The fraction of sp³-hybridized carbons (Fsp3) is 0.143. The van der Waals surface area contributed by atoms with Crippen molar-refractivity contribution in [2.24, 2.45) is 0 Å². The molecule has 0 aliphatic carbocycles. The molecule has 0 unspecified atom stereocenters. The second-order valence-corrected chi connectivity index (χ2v) is 5.46. The second-order valence-electron chi connectivity index (χ2n) is 4.20. The lowest BCUT2D eigenvalue weighted by Gasteiger charge is -2.09. The molecule has 0 amide bonds. The van der Waals surface area contributed by atoms with Crippen molar-refractivity contribution in [1.29, 1.82) is 0 Å². The van der Waals surface area contributed by atoms with E-state index in [0.29, 0.717) is 19.2 Å². The molecule has 0 nitrogen and oxygen atoms in total. The van der Waals surface area contributed by atoms with Crippen LogP contribution in [0.1, 0.15) is 11.1 Å². The van der Waals surface area contributed by atoms with Crippen molar-refractivity contribution in [2.75, 3.05) is 0 Å². The van der Waals surface area contributed by atoms with Crippen LogP contribution >= 0.6 is 8.58 Å². The highest BCUT2D eigenvalue weighted by molar-refractivity contribution is 7.55. The number of benzene rings is 2. The van der Waals surface area contributed by atoms with Gasteiger partial charge in [-0.3, -0.25) is 0 Å². The van der Waals surface area contributed by atoms with Crippen LogP contribution < -0.4 is 10.6 Å². The van der Waals surface area contributed by atoms with E-state index in [1.54, 1.807) is 0 Å². The molecule has 0 aliphatic heterocycles. The average molecular weight is 321 g/mol. The highest BCUT2D eigenvalue weighted by atomic mass is 31.1. The molecule has 0 bridgehead atoms. The van der Waals surface area contributed by atoms with E-state index in [2.05, 4.69) is 0 Å². The third-order valence-electron chi connectivity index (χ3n) is 2.65. The molecule has 0 saturated heterocycles. The molecule has 21 heavy (non-hydrogen) atoms. The molecular formula is C14H8F6P. The van der Waals surface area contributed by atoms with E-state index >= 15 is 0 Å². The van der Waals surface area contributed by atoms with Gasteiger partial charge in [0.05, 0.1) is 11.1 Å². The van der Waals surface area contributed by atoms with Gasteiger partial charge in [-0.2, -0.15) is 26.3 Å². The Morgan fingerprint density at radius 3 is 1.05 bits per heavy atom. The van der Waals surface area contributed by atoms with Crippen LogP contribution in [0.4, 0.5) is 26.3 Å². The van der Waals surface area contributed by atoms with Gasteiger partial charge in [0.25, 0.3) is 0 Å². The van der Waals surface area contributed by atoms with Gasteiger partial charge in [0.1, 0.15) is 0 Å². The number of alkyl halides is 6. The minimum absolute atomic E-state index is 0.547. The fourth-order valence-electron chi connectivity index (χ4n) is 1.60. The molecule has 0 spiro atoms. The first kappa shape index (κ1) is 15.8. The molecule has 0 aromatic heterocycles. The summed E-state index contributed by atoms with van der Waals surface area (Å²) < 4.78 is 74.4. The second kappa shape index (κ2) is 5.68. The van der Waals surface area contributed by atoms with E-state index in [9.17, 15) is 26.3 Å². The van der Waals surface area contributed by atoms with Crippen molar-refractivity contribution in [3.05, 3.63) is 59.7 Å². The van der Waals surface area contributed by atoms with E-state index in [4.69, 9.17) is 0 Å². The van der Waals surface area contributed by atoms with Gasteiger partial charge in [-0.05, 0) is 43.5 Å². The third-order valence-corrected chi connectivity index (χ3v) is 3.76. The highest BCUT2D eigenvalue weighted by Crippen LogP contribution is 2.30. The minimum atomic E-state index is -4.40. The van der Waals surface area contributed by atoms with Crippen LogP contribution in [-0.4, -0.2) is 0 Å². The predicted octanol–water partition coefficient (Wildman–Crippen LogP) is 4.62. The SMILES string of the molecule is FC(F)(F)c1ccc([P]c2ccc(C(F)(F)F)cc2)cc1. The highest BCUT2D eigenvalue weighted by Gasteiger charge is 2.30. The normalized spacial score (nSPS) is 12.5. The van der Waals surface area contributed by atoms with Crippen LogP contribution in [0.2, 0.25) is 0 Å². The Morgan fingerprint density at radius 1 is 0.524 bits per heavy atom. The van der Waals surface area contributed by atoms with Crippen LogP contribution in [0.25, 0.3) is 0 Å². The zero-order chi connectivity index (χ0) is 15.7. The summed E-state index contributed by atoms with van der Waals surface area (Å²) in [5, 5.41) is 1.14. The van der Waals surface area contributed by atoms with Crippen LogP contribution in [0.3, 0.4) is 0 Å². The first-order valence-electron chi connectivity index (χ1n) is 5.72. The van der Waals surface area contributed by atoms with Crippen LogP contribution in [0.5, 0.6) is 0 Å². The van der Waals surface area contributed by atoms with Gasteiger partial charge < -0.3 is 0 Å². The Hall–Kier alpha value is -1.55. The van der Waals surface area contributed by atoms with Crippen molar-refractivity contribution in [1.82, 2.24) is 0 Å². The quantitative estimate of drug-likeness (QED) is 0.559. The lowest BCUT2D eigenvalue weighted by molar-refractivity contribution is -0.138. The van der Waals surface area contributed by atoms with Gasteiger partial charge in [0, 0.05) is 0 Å². The molecule has 2 aromatic rings. The molecular weight excluding hydrogens is 313 g/mol. The first-order valence-corrected chi connectivity index (χ1v) is 6.62. The Labute approximate surface area is 118 Å². The summed E-state index contributed by atoms with van der Waals surface area (Å²) in [5.41, 5.74) is -1.51. The van der Waals surface area contributed by atoms with Crippen LogP contribution in [0, 0.1) is 0 Å². The minimum Gasteiger partial charge on any atom is -0.166 e. The molecule has 0 heterocycles. The number of halogens is 6.